The molecule has 0 spiro atoms. The van der Waals surface area contributed by atoms with Gasteiger partial charge in [-0.25, -0.2) is 0 Å². The van der Waals surface area contributed by atoms with E-state index in [1.54, 1.807) is 11.3 Å². The van der Waals surface area contributed by atoms with Crippen LogP contribution in [-0.4, -0.2) is 22.0 Å². The number of rotatable bonds is 8. The van der Waals surface area contributed by atoms with Gasteiger partial charge in [-0.15, -0.1) is 34.9 Å². The van der Waals surface area contributed by atoms with E-state index in [-0.39, 0.29) is 54.0 Å². The van der Waals surface area contributed by atoms with Crippen LogP contribution in [0.2, 0.25) is 0 Å². The summed E-state index contributed by atoms with van der Waals surface area (Å²) in [5, 5.41) is 15.9. The van der Waals surface area contributed by atoms with Crippen LogP contribution in [0.5, 0.6) is 5.75 Å². The minimum atomic E-state index is -0.337. The minimum absolute atomic E-state index is 0. The number of allylic oxidation sites excluding steroid dienone is 2. The number of pyridine rings is 1. The number of hydrogen-bond donors (Lipinski definition) is 1. The zero-order valence-corrected chi connectivity index (χ0v) is 34.1. The molecule has 0 saturated carbocycles. The summed E-state index contributed by atoms with van der Waals surface area (Å²) in [6, 6.07) is 14.7. The van der Waals surface area contributed by atoms with Crippen molar-refractivity contribution in [1.82, 2.24) is 4.98 Å². The molecule has 1 aliphatic rings. The molecule has 4 nitrogen and oxygen atoms in total. The number of ketones is 1. The van der Waals surface area contributed by atoms with Crippen LogP contribution < -0.4 is 4.74 Å². The summed E-state index contributed by atoms with van der Waals surface area (Å²) in [5.74, 6) is 1.34. The first kappa shape index (κ1) is 38.2. The Morgan fingerprint density at radius 1 is 0.979 bits per heavy atom. The van der Waals surface area contributed by atoms with E-state index in [0.717, 1.165) is 49.1 Å². The maximum absolute atomic E-state index is 12.2. The number of thiophene rings is 2. The molecule has 0 fully saturated rings. The molecular formula is C41H50IrNO3S2-. The zero-order valence-electron chi connectivity index (χ0n) is 30.1. The molecule has 0 saturated heterocycles. The molecule has 0 bridgehead atoms. The number of aliphatic hydroxyl groups excluding tert-OH is 1. The Balaban J connectivity index is 0.000000251. The number of hydrogen-bond acceptors (Lipinski definition) is 6. The molecule has 3 aromatic heterocycles. The molecule has 1 unspecified atom stereocenters. The van der Waals surface area contributed by atoms with Crippen molar-refractivity contribution in [2.24, 2.45) is 10.8 Å². The fraction of sp³-hybridized carbons (Fsp3) is 0.463. The molecule has 6 rings (SSSR count). The van der Waals surface area contributed by atoms with Crippen LogP contribution in [0, 0.1) is 16.9 Å². The Labute approximate surface area is 308 Å². The summed E-state index contributed by atoms with van der Waals surface area (Å²) in [5.41, 5.74) is 4.19. The SMILES string of the molecule is CC1Cc2ccc3sc4ccnc(-c5[c-]c6ccsc6c(C(C)(C)C)c5)c4c3c2O1.CCC(C)(CC)C(=O)/C=C(\O)C(C)(CC)CC.[Ir]. The second-order valence-electron chi connectivity index (χ2n) is 14.6. The molecule has 2 aromatic carbocycles. The third-order valence-corrected chi connectivity index (χ3v) is 12.6. The molecule has 1 radical (unpaired) electrons. The van der Waals surface area contributed by atoms with E-state index < -0.39 is 0 Å². The number of carbonyl (C=O) groups is 1. The predicted molar refractivity (Wildman–Crippen MR) is 202 cm³/mol. The Bertz CT molecular complexity index is 1950. The van der Waals surface area contributed by atoms with Crippen LogP contribution in [0.15, 0.2) is 53.7 Å². The van der Waals surface area contributed by atoms with Crippen molar-refractivity contribution in [2.45, 2.75) is 113 Å². The Morgan fingerprint density at radius 3 is 2.25 bits per heavy atom. The van der Waals surface area contributed by atoms with Gasteiger partial charge in [-0.1, -0.05) is 79.5 Å². The number of nitrogens with zero attached hydrogens (tertiary/aromatic N) is 1. The third kappa shape index (κ3) is 7.17. The van der Waals surface area contributed by atoms with E-state index in [4.69, 9.17) is 9.72 Å². The molecule has 48 heavy (non-hydrogen) atoms. The maximum atomic E-state index is 12.2. The van der Waals surface area contributed by atoms with Gasteiger partial charge in [0.15, 0.2) is 5.78 Å². The molecule has 1 atom stereocenters. The number of carbonyl (C=O) groups excluding carboxylic acids is 1. The summed E-state index contributed by atoms with van der Waals surface area (Å²) in [7, 11) is 0. The number of aliphatic hydroxyl groups is 1. The summed E-state index contributed by atoms with van der Waals surface area (Å²) in [6.07, 6.45) is 7.88. The third-order valence-electron chi connectivity index (χ3n) is 10.5. The smallest absolute Gasteiger partial charge is 0.164 e. The van der Waals surface area contributed by atoms with Crippen molar-refractivity contribution in [1.29, 1.82) is 0 Å². The van der Waals surface area contributed by atoms with E-state index in [0.29, 0.717) is 0 Å². The van der Waals surface area contributed by atoms with Gasteiger partial charge in [-0.3, -0.25) is 9.78 Å². The average molecular weight is 861 g/mol. The molecular weight excluding hydrogens is 811 g/mol. The quantitative estimate of drug-likeness (QED) is 0.0959. The molecule has 5 aromatic rings. The number of benzene rings is 2. The van der Waals surface area contributed by atoms with E-state index in [1.165, 1.54) is 47.5 Å². The van der Waals surface area contributed by atoms with Crippen molar-refractivity contribution in [3.63, 3.8) is 0 Å². The first-order valence-electron chi connectivity index (χ1n) is 17.1. The van der Waals surface area contributed by atoms with Gasteiger partial charge in [0.1, 0.15) is 17.6 Å². The largest absolute Gasteiger partial charge is 0.512 e. The van der Waals surface area contributed by atoms with Crippen molar-refractivity contribution in [3.8, 4) is 17.0 Å². The summed E-state index contributed by atoms with van der Waals surface area (Å²) in [6.45, 7) is 21.1. The Hall–Kier alpha value is -2.57. The van der Waals surface area contributed by atoms with Crippen LogP contribution in [-0.2, 0) is 36.7 Å². The Morgan fingerprint density at radius 2 is 1.62 bits per heavy atom. The first-order valence-corrected chi connectivity index (χ1v) is 18.8. The summed E-state index contributed by atoms with van der Waals surface area (Å²) in [4.78, 5) is 17.1. The molecule has 1 N–H and O–H groups in total. The predicted octanol–water partition coefficient (Wildman–Crippen LogP) is 12.4. The zero-order chi connectivity index (χ0) is 34.3. The van der Waals surface area contributed by atoms with E-state index in [9.17, 15) is 9.90 Å². The van der Waals surface area contributed by atoms with Gasteiger partial charge >= 0.3 is 0 Å². The number of ether oxygens (including phenoxy) is 1. The van der Waals surface area contributed by atoms with Crippen molar-refractivity contribution in [3.05, 3.63) is 70.9 Å². The fourth-order valence-corrected chi connectivity index (χ4v) is 8.42. The van der Waals surface area contributed by atoms with E-state index in [2.05, 4.69) is 69.5 Å². The molecule has 0 aliphatic carbocycles. The molecule has 7 heteroatoms. The second-order valence-corrected chi connectivity index (χ2v) is 16.6. The molecule has 1 aliphatic heterocycles. The van der Waals surface area contributed by atoms with Gasteiger partial charge in [-0.2, -0.15) is 11.3 Å². The fourth-order valence-electron chi connectivity index (χ4n) is 6.25. The van der Waals surface area contributed by atoms with Crippen molar-refractivity contribution in [2.75, 3.05) is 0 Å². The standard InChI is InChI=1S/C26H22NOS2.C15H28O2.Ir/c1-14-11-15-5-6-19-22(24(15)28-14)21-20(30-19)7-9-27-23(21)17-12-16-8-10-29-25(16)18(13-17)26(2,3)4;1-7-14(5,8-2)12(16)11-13(17)15(6,9-3)10-4;/h5-10,13-14H,11H2,1-4H3;11,16H,7-10H2,1-6H3;/q-1;;/b;12-11-;. The van der Waals surface area contributed by atoms with Crippen LogP contribution >= 0.6 is 22.7 Å². The van der Waals surface area contributed by atoms with Crippen molar-refractivity contribution < 1.29 is 34.7 Å². The summed E-state index contributed by atoms with van der Waals surface area (Å²) >= 11 is 3.62. The van der Waals surface area contributed by atoms with Gasteiger partial charge < -0.3 is 9.84 Å². The van der Waals surface area contributed by atoms with E-state index in [1.807, 2.05) is 59.1 Å². The maximum Gasteiger partial charge on any atom is 0.164 e. The van der Waals surface area contributed by atoms with E-state index >= 15 is 0 Å². The summed E-state index contributed by atoms with van der Waals surface area (Å²) < 4.78 is 10.1. The van der Waals surface area contributed by atoms with Crippen LogP contribution in [0.4, 0.5) is 0 Å². The average Bonchev–Trinajstić information content (AvgIpc) is 3.78. The van der Waals surface area contributed by atoms with Gasteiger partial charge in [0.2, 0.25) is 0 Å². The number of aromatic nitrogens is 1. The first-order chi connectivity index (χ1) is 22.2. The monoisotopic (exact) mass is 861 g/mol. The van der Waals surface area contributed by atoms with Crippen LogP contribution in [0.1, 0.15) is 106 Å². The van der Waals surface area contributed by atoms with Crippen LogP contribution in [0.25, 0.3) is 41.5 Å². The van der Waals surface area contributed by atoms with Gasteiger partial charge in [-0.05, 0) is 71.2 Å². The Kier molecular flexibility index (Phi) is 11.7. The van der Waals surface area contributed by atoms with Crippen LogP contribution in [0.3, 0.4) is 0 Å². The van der Waals surface area contributed by atoms with Gasteiger partial charge in [0.05, 0.1) is 0 Å². The topological polar surface area (TPSA) is 59.4 Å². The molecule has 4 heterocycles. The minimum Gasteiger partial charge on any atom is -0.512 e. The second kappa shape index (κ2) is 14.7. The normalized spacial score (nSPS) is 15.2. The number of fused-ring (bicyclic) bond motifs is 6. The van der Waals surface area contributed by atoms with Gasteiger partial charge in [0, 0.05) is 70.1 Å². The molecule has 259 valence electrons. The molecule has 0 amide bonds. The van der Waals surface area contributed by atoms with Gasteiger partial charge in [0.25, 0.3) is 0 Å². The van der Waals surface area contributed by atoms with Crippen molar-refractivity contribution >= 4 is 58.7 Å².